The van der Waals surface area contributed by atoms with Crippen LogP contribution < -0.4 is 5.32 Å². The molecule has 0 atom stereocenters. The summed E-state index contributed by atoms with van der Waals surface area (Å²) in [6.07, 6.45) is 0. The van der Waals surface area contributed by atoms with Crippen molar-refractivity contribution in [1.29, 1.82) is 0 Å². The van der Waals surface area contributed by atoms with Crippen molar-refractivity contribution in [2.45, 2.75) is 6.92 Å². The maximum absolute atomic E-state index is 12.4. The molecule has 1 aliphatic rings. The Bertz CT molecular complexity index is 1140. The molecule has 0 radical (unpaired) electrons. The Morgan fingerprint density at radius 2 is 1.47 bits per heavy atom. The maximum Gasteiger partial charge on any atom is 0.341 e. The minimum absolute atomic E-state index is 0.0698. The van der Waals surface area contributed by atoms with Gasteiger partial charge in [0.05, 0.1) is 12.1 Å². The normalized spacial score (nSPS) is 13.4. The van der Waals surface area contributed by atoms with Crippen molar-refractivity contribution in [1.82, 2.24) is 5.32 Å². The number of carbonyl (C=O) groups is 2. The molecule has 0 spiro atoms. The molecule has 0 fully saturated rings. The number of esters is 1. The van der Waals surface area contributed by atoms with Gasteiger partial charge in [0.25, 0.3) is 5.91 Å². The molecule has 148 valence electrons. The van der Waals surface area contributed by atoms with Crippen LogP contribution in [-0.2, 0) is 9.53 Å². The molecular formula is C26H21NO3. The highest BCUT2D eigenvalue weighted by Crippen LogP contribution is 2.34. The van der Waals surface area contributed by atoms with Crippen molar-refractivity contribution >= 4 is 17.4 Å². The minimum Gasteiger partial charge on any atom is -0.423 e. The number of benzene rings is 3. The van der Waals surface area contributed by atoms with Gasteiger partial charge in [-0.15, -0.1) is 0 Å². The van der Waals surface area contributed by atoms with Crippen LogP contribution in [0.4, 0.5) is 0 Å². The largest absolute Gasteiger partial charge is 0.423 e. The van der Waals surface area contributed by atoms with E-state index in [2.05, 4.69) is 11.9 Å². The zero-order valence-corrected chi connectivity index (χ0v) is 16.6. The molecule has 1 aliphatic heterocycles. The van der Waals surface area contributed by atoms with Crippen LogP contribution in [0.2, 0.25) is 0 Å². The SMILES string of the molecule is C=C1OC(=O)C(CNC(=O)c2ccc(C)cc2)=C1c1ccc(-c2ccccc2)cc1. The first-order chi connectivity index (χ1) is 14.5. The van der Waals surface area contributed by atoms with Gasteiger partial charge in [-0.05, 0) is 35.7 Å². The molecular weight excluding hydrogens is 374 g/mol. The molecule has 0 saturated heterocycles. The first kappa shape index (κ1) is 19.4. The molecule has 0 aromatic heterocycles. The summed E-state index contributed by atoms with van der Waals surface area (Å²) in [5.41, 5.74) is 5.65. The molecule has 30 heavy (non-hydrogen) atoms. The molecule has 0 saturated carbocycles. The van der Waals surface area contributed by atoms with Gasteiger partial charge >= 0.3 is 5.97 Å². The minimum atomic E-state index is -0.480. The van der Waals surface area contributed by atoms with Gasteiger partial charge in [-0.25, -0.2) is 4.79 Å². The second-order valence-electron chi connectivity index (χ2n) is 7.16. The Kier molecular flexibility index (Phi) is 5.31. The second kappa shape index (κ2) is 8.21. The van der Waals surface area contributed by atoms with E-state index >= 15 is 0 Å². The number of hydrogen-bond acceptors (Lipinski definition) is 3. The average molecular weight is 395 g/mol. The molecule has 3 aromatic rings. The summed E-state index contributed by atoms with van der Waals surface area (Å²) in [7, 11) is 0. The van der Waals surface area contributed by atoms with Crippen molar-refractivity contribution < 1.29 is 14.3 Å². The van der Waals surface area contributed by atoms with E-state index in [0.717, 1.165) is 22.3 Å². The van der Waals surface area contributed by atoms with E-state index in [1.165, 1.54) is 0 Å². The monoisotopic (exact) mass is 395 g/mol. The highest BCUT2D eigenvalue weighted by molar-refractivity contribution is 6.08. The predicted octanol–water partition coefficient (Wildman–Crippen LogP) is 4.92. The lowest BCUT2D eigenvalue weighted by atomic mass is 9.97. The Morgan fingerprint density at radius 3 is 2.13 bits per heavy atom. The molecule has 4 rings (SSSR count). The topological polar surface area (TPSA) is 55.4 Å². The first-order valence-electron chi connectivity index (χ1n) is 9.68. The number of aryl methyl sites for hydroxylation is 1. The third kappa shape index (κ3) is 3.94. The molecule has 1 N–H and O–H groups in total. The number of amides is 1. The molecule has 0 aliphatic carbocycles. The van der Waals surface area contributed by atoms with Crippen LogP contribution in [0.1, 0.15) is 21.5 Å². The summed E-state index contributed by atoms with van der Waals surface area (Å²) >= 11 is 0. The summed E-state index contributed by atoms with van der Waals surface area (Å²) in [6, 6.07) is 25.2. The maximum atomic E-state index is 12.4. The van der Waals surface area contributed by atoms with Crippen LogP contribution in [0.3, 0.4) is 0 Å². The first-order valence-corrected chi connectivity index (χ1v) is 9.68. The van der Waals surface area contributed by atoms with Gasteiger partial charge in [-0.2, -0.15) is 0 Å². The van der Waals surface area contributed by atoms with Gasteiger partial charge in [-0.1, -0.05) is 78.9 Å². The van der Waals surface area contributed by atoms with Gasteiger partial charge < -0.3 is 10.1 Å². The number of hydrogen-bond donors (Lipinski definition) is 1. The van der Waals surface area contributed by atoms with Gasteiger partial charge in [-0.3, -0.25) is 4.79 Å². The molecule has 0 bridgehead atoms. The Morgan fingerprint density at radius 1 is 0.867 bits per heavy atom. The third-order valence-electron chi connectivity index (χ3n) is 5.06. The molecule has 1 amide bonds. The van der Waals surface area contributed by atoms with Crippen LogP contribution in [0.5, 0.6) is 0 Å². The van der Waals surface area contributed by atoms with Crippen molar-refractivity contribution in [3.05, 3.63) is 113 Å². The lowest BCUT2D eigenvalue weighted by molar-refractivity contribution is -0.133. The van der Waals surface area contributed by atoms with E-state index in [9.17, 15) is 9.59 Å². The third-order valence-corrected chi connectivity index (χ3v) is 5.06. The van der Waals surface area contributed by atoms with Crippen LogP contribution in [0.25, 0.3) is 16.7 Å². The fourth-order valence-electron chi connectivity index (χ4n) is 3.43. The summed E-state index contributed by atoms with van der Waals surface area (Å²) < 4.78 is 5.25. The van der Waals surface area contributed by atoms with Crippen molar-refractivity contribution in [3.8, 4) is 11.1 Å². The van der Waals surface area contributed by atoms with E-state index in [0.29, 0.717) is 22.5 Å². The Balaban J connectivity index is 1.58. The van der Waals surface area contributed by atoms with Crippen molar-refractivity contribution in [2.75, 3.05) is 6.54 Å². The standard InChI is InChI=1S/C26H21NO3/c1-17-8-10-22(11-9-17)25(28)27-16-23-24(18(2)30-26(23)29)21-14-12-20(13-15-21)19-6-4-3-5-7-19/h3-15H,2,16H2,1H3,(H,27,28). The lowest BCUT2D eigenvalue weighted by Crippen LogP contribution is -2.27. The van der Waals surface area contributed by atoms with Crippen LogP contribution in [-0.4, -0.2) is 18.4 Å². The summed E-state index contributed by atoms with van der Waals surface area (Å²) in [5, 5.41) is 2.81. The van der Waals surface area contributed by atoms with E-state index in [4.69, 9.17) is 4.74 Å². The fraction of sp³-hybridized carbons (Fsp3) is 0.0769. The van der Waals surface area contributed by atoms with E-state index in [1.54, 1.807) is 12.1 Å². The predicted molar refractivity (Wildman–Crippen MR) is 118 cm³/mol. The highest BCUT2D eigenvalue weighted by Gasteiger charge is 2.29. The Labute approximate surface area is 175 Å². The van der Waals surface area contributed by atoms with E-state index in [-0.39, 0.29) is 12.5 Å². The lowest BCUT2D eigenvalue weighted by Gasteiger charge is -2.08. The average Bonchev–Trinajstić information content (AvgIpc) is 3.06. The number of cyclic esters (lactones) is 1. The van der Waals surface area contributed by atoms with Gasteiger partial charge in [0.15, 0.2) is 0 Å². The summed E-state index contributed by atoms with van der Waals surface area (Å²) in [5.74, 6) is -0.426. The number of carbonyl (C=O) groups excluding carboxylic acids is 2. The molecule has 4 nitrogen and oxygen atoms in total. The van der Waals surface area contributed by atoms with Gasteiger partial charge in [0, 0.05) is 11.1 Å². The number of rotatable bonds is 5. The zero-order valence-electron chi connectivity index (χ0n) is 16.6. The Hall–Kier alpha value is -3.92. The fourth-order valence-corrected chi connectivity index (χ4v) is 3.43. The molecule has 3 aromatic carbocycles. The quantitative estimate of drug-likeness (QED) is 0.624. The second-order valence-corrected chi connectivity index (χ2v) is 7.16. The summed E-state index contributed by atoms with van der Waals surface area (Å²) in [6.45, 7) is 5.90. The van der Waals surface area contributed by atoms with Crippen LogP contribution >= 0.6 is 0 Å². The van der Waals surface area contributed by atoms with Crippen LogP contribution in [0.15, 0.2) is 96.8 Å². The summed E-state index contributed by atoms with van der Waals surface area (Å²) in [4.78, 5) is 24.8. The van der Waals surface area contributed by atoms with Crippen molar-refractivity contribution in [3.63, 3.8) is 0 Å². The van der Waals surface area contributed by atoms with Gasteiger partial charge in [0.2, 0.25) is 0 Å². The zero-order chi connectivity index (χ0) is 21.1. The highest BCUT2D eigenvalue weighted by atomic mass is 16.5. The van der Waals surface area contributed by atoms with Crippen LogP contribution in [0, 0.1) is 6.92 Å². The number of allylic oxidation sites excluding steroid dienone is 1. The van der Waals surface area contributed by atoms with E-state index < -0.39 is 5.97 Å². The number of ether oxygens (including phenoxy) is 1. The van der Waals surface area contributed by atoms with E-state index in [1.807, 2.05) is 73.7 Å². The molecule has 4 heteroatoms. The molecule has 0 unspecified atom stereocenters. The smallest absolute Gasteiger partial charge is 0.341 e. The molecule has 1 heterocycles. The number of nitrogens with one attached hydrogen (secondary N) is 1. The van der Waals surface area contributed by atoms with Crippen molar-refractivity contribution in [2.24, 2.45) is 0 Å². The van der Waals surface area contributed by atoms with Gasteiger partial charge in [0.1, 0.15) is 5.76 Å².